The Morgan fingerprint density at radius 2 is 1.30 bits per heavy atom. The molecule has 5 nitrogen and oxygen atoms in total. The Balaban J connectivity index is 1.89. The minimum absolute atomic E-state index is 0.213. The highest BCUT2D eigenvalue weighted by Crippen LogP contribution is 2.07. The fourth-order valence-corrected chi connectivity index (χ4v) is 2.65. The Kier molecular flexibility index (Phi) is 14.0. The highest BCUT2D eigenvalue weighted by Gasteiger charge is 2.07. The summed E-state index contributed by atoms with van der Waals surface area (Å²) in [6, 6.07) is 10.0. The van der Waals surface area contributed by atoms with E-state index in [1.807, 2.05) is 30.3 Å². The van der Waals surface area contributed by atoms with E-state index in [2.05, 4.69) is 6.92 Å². The molecule has 0 spiro atoms. The van der Waals surface area contributed by atoms with Crippen molar-refractivity contribution in [3.8, 4) is 0 Å². The molecule has 5 heteroatoms. The number of carbonyl (C=O) groups is 2. The summed E-state index contributed by atoms with van der Waals surface area (Å²) in [5.74, 6) is -0.888. The van der Waals surface area contributed by atoms with Crippen LogP contribution in [0.3, 0.4) is 0 Å². The number of benzene rings is 1. The Hall–Kier alpha value is -1.88. The molecule has 1 aromatic carbocycles. The molecule has 0 bridgehead atoms. The maximum atomic E-state index is 11.5. The van der Waals surface area contributed by atoms with Crippen molar-refractivity contribution in [3.63, 3.8) is 0 Å². The van der Waals surface area contributed by atoms with Gasteiger partial charge in [0.25, 0.3) is 0 Å². The van der Waals surface area contributed by atoms with E-state index in [0.717, 1.165) is 25.7 Å². The maximum absolute atomic E-state index is 11.5. The summed E-state index contributed by atoms with van der Waals surface area (Å²) in [5.41, 5.74) is 1.22. The van der Waals surface area contributed by atoms with Gasteiger partial charge in [0, 0.05) is 0 Å². The average molecular weight is 379 g/mol. The van der Waals surface area contributed by atoms with Crippen LogP contribution in [0.1, 0.15) is 63.9 Å². The number of hydrogen-bond donors (Lipinski definition) is 0. The molecular formula is C22H34O5. The topological polar surface area (TPSA) is 61.8 Å². The number of unbranched alkanes of at least 4 members (excludes halogenated alkanes) is 6. The van der Waals surface area contributed by atoms with E-state index in [0.29, 0.717) is 13.2 Å². The molecule has 0 saturated carbocycles. The van der Waals surface area contributed by atoms with Crippen molar-refractivity contribution < 1.29 is 23.8 Å². The lowest BCUT2D eigenvalue weighted by molar-refractivity contribution is -0.155. The monoisotopic (exact) mass is 378 g/mol. The van der Waals surface area contributed by atoms with E-state index in [-0.39, 0.29) is 13.2 Å². The lowest BCUT2D eigenvalue weighted by Gasteiger charge is -2.07. The molecule has 0 aliphatic rings. The zero-order valence-electron chi connectivity index (χ0n) is 16.6. The third-order valence-electron chi connectivity index (χ3n) is 4.17. The fraction of sp³-hybridized carbons (Fsp3) is 0.636. The van der Waals surface area contributed by atoms with Crippen LogP contribution in [-0.4, -0.2) is 38.4 Å². The van der Waals surface area contributed by atoms with Gasteiger partial charge in [-0.05, 0) is 24.8 Å². The molecular weight excluding hydrogens is 344 g/mol. The largest absolute Gasteiger partial charge is 0.464 e. The van der Waals surface area contributed by atoms with E-state index >= 15 is 0 Å². The molecule has 0 saturated heterocycles. The molecule has 0 fully saturated rings. The summed E-state index contributed by atoms with van der Waals surface area (Å²) in [6.45, 7) is 2.53. The van der Waals surface area contributed by atoms with Crippen LogP contribution in [0.2, 0.25) is 0 Å². The number of ether oxygens (including phenoxy) is 3. The molecule has 0 radical (unpaired) electrons. The first-order valence-corrected chi connectivity index (χ1v) is 10.1. The molecule has 0 amide bonds. The lowest BCUT2D eigenvalue weighted by atomic mass is 10.1. The standard InChI is InChI=1S/C22H34O5/c1-2-3-4-5-6-7-11-16-26-21(23)18-25-19-22(24)27-17-12-15-20-13-9-8-10-14-20/h8-10,13-14H,2-7,11-12,15-19H2,1H3. The van der Waals surface area contributed by atoms with E-state index in [4.69, 9.17) is 14.2 Å². The van der Waals surface area contributed by atoms with Crippen molar-refractivity contribution in [2.24, 2.45) is 0 Å². The summed E-state index contributed by atoms with van der Waals surface area (Å²) in [4.78, 5) is 23.1. The minimum Gasteiger partial charge on any atom is -0.464 e. The van der Waals surface area contributed by atoms with Crippen LogP contribution < -0.4 is 0 Å². The lowest BCUT2D eigenvalue weighted by Crippen LogP contribution is -2.19. The van der Waals surface area contributed by atoms with Crippen LogP contribution in [0.15, 0.2) is 30.3 Å². The molecule has 0 heterocycles. The highest BCUT2D eigenvalue weighted by molar-refractivity contribution is 5.73. The predicted molar refractivity (Wildman–Crippen MR) is 105 cm³/mol. The van der Waals surface area contributed by atoms with Gasteiger partial charge in [0.05, 0.1) is 13.2 Å². The molecule has 0 unspecified atom stereocenters. The molecule has 0 atom stereocenters. The quantitative estimate of drug-likeness (QED) is 0.314. The van der Waals surface area contributed by atoms with Crippen molar-refractivity contribution in [2.45, 2.75) is 64.7 Å². The Morgan fingerprint density at radius 3 is 1.93 bits per heavy atom. The van der Waals surface area contributed by atoms with Gasteiger partial charge in [0.15, 0.2) is 0 Å². The van der Waals surface area contributed by atoms with Gasteiger partial charge in [-0.2, -0.15) is 0 Å². The Labute approximate surface area is 163 Å². The van der Waals surface area contributed by atoms with Crippen LogP contribution in [0.25, 0.3) is 0 Å². The molecule has 0 aromatic heterocycles. The molecule has 27 heavy (non-hydrogen) atoms. The van der Waals surface area contributed by atoms with Crippen LogP contribution >= 0.6 is 0 Å². The Morgan fingerprint density at radius 1 is 0.741 bits per heavy atom. The van der Waals surface area contributed by atoms with Crippen LogP contribution in [0.5, 0.6) is 0 Å². The third kappa shape index (κ3) is 13.9. The van der Waals surface area contributed by atoms with Crippen LogP contribution in [0, 0.1) is 0 Å². The number of aryl methyl sites for hydroxylation is 1. The van der Waals surface area contributed by atoms with Crippen molar-refractivity contribution in [2.75, 3.05) is 26.4 Å². The van der Waals surface area contributed by atoms with E-state index in [9.17, 15) is 9.59 Å². The first-order chi connectivity index (χ1) is 13.2. The fourth-order valence-electron chi connectivity index (χ4n) is 2.65. The van der Waals surface area contributed by atoms with Gasteiger partial charge in [0.2, 0.25) is 0 Å². The maximum Gasteiger partial charge on any atom is 0.332 e. The first kappa shape index (κ1) is 23.2. The van der Waals surface area contributed by atoms with Gasteiger partial charge in [-0.25, -0.2) is 9.59 Å². The number of carbonyl (C=O) groups excluding carboxylic acids is 2. The van der Waals surface area contributed by atoms with Crippen LogP contribution in [0.4, 0.5) is 0 Å². The van der Waals surface area contributed by atoms with E-state index in [1.54, 1.807) is 0 Å². The van der Waals surface area contributed by atoms with Crippen molar-refractivity contribution in [1.82, 2.24) is 0 Å². The third-order valence-corrected chi connectivity index (χ3v) is 4.17. The second-order valence-electron chi connectivity index (χ2n) is 6.64. The smallest absolute Gasteiger partial charge is 0.332 e. The normalized spacial score (nSPS) is 10.6. The van der Waals surface area contributed by atoms with Crippen molar-refractivity contribution in [1.29, 1.82) is 0 Å². The first-order valence-electron chi connectivity index (χ1n) is 10.1. The number of esters is 2. The molecule has 0 aliphatic heterocycles. The molecule has 152 valence electrons. The molecule has 1 aromatic rings. The molecule has 1 rings (SSSR count). The van der Waals surface area contributed by atoms with E-state index < -0.39 is 11.9 Å². The molecule has 0 aliphatic carbocycles. The van der Waals surface area contributed by atoms with Crippen LogP contribution in [-0.2, 0) is 30.2 Å². The highest BCUT2D eigenvalue weighted by atomic mass is 16.6. The summed E-state index contributed by atoms with van der Waals surface area (Å²) in [6.07, 6.45) is 9.83. The average Bonchev–Trinajstić information content (AvgIpc) is 2.68. The van der Waals surface area contributed by atoms with Gasteiger partial charge in [-0.15, -0.1) is 0 Å². The van der Waals surface area contributed by atoms with Crippen molar-refractivity contribution >= 4 is 11.9 Å². The summed E-state index contributed by atoms with van der Waals surface area (Å²) in [7, 11) is 0. The Bertz CT molecular complexity index is 501. The zero-order chi connectivity index (χ0) is 19.6. The van der Waals surface area contributed by atoms with Gasteiger partial charge < -0.3 is 14.2 Å². The van der Waals surface area contributed by atoms with E-state index in [1.165, 1.54) is 37.7 Å². The summed E-state index contributed by atoms with van der Waals surface area (Å²) in [5, 5.41) is 0. The summed E-state index contributed by atoms with van der Waals surface area (Å²) < 4.78 is 15.2. The predicted octanol–water partition coefficient (Wildman–Crippen LogP) is 4.47. The van der Waals surface area contributed by atoms with Crippen molar-refractivity contribution in [3.05, 3.63) is 35.9 Å². The van der Waals surface area contributed by atoms with Gasteiger partial charge in [-0.1, -0.05) is 75.8 Å². The minimum atomic E-state index is -0.456. The van der Waals surface area contributed by atoms with Gasteiger partial charge in [0.1, 0.15) is 13.2 Å². The zero-order valence-corrected chi connectivity index (χ0v) is 16.6. The van der Waals surface area contributed by atoms with Gasteiger partial charge >= 0.3 is 11.9 Å². The second kappa shape index (κ2) is 16.3. The summed E-state index contributed by atoms with van der Waals surface area (Å²) >= 11 is 0. The van der Waals surface area contributed by atoms with Gasteiger partial charge in [-0.3, -0.25) is 0 Å². The number of hydrogen-bond acceptors (Lipinski definition) is 5. The SMILES string of the molecule is CCCCCCCCCOC(=O)COCC(=O)OCCCc1ccccc1. The number of rotatable bonds is 16. The second-order valence-corrected chi connectivity index (χ2v) is 6.64. The molecule has 0 N–H and O–H groups in total.